The molecule has 1 N–H and O–H groups in total. The molecule has 1 fully saturated rings. The van der Waals surface area contributed by atoms with Gasteiger partial charge < -0.3 is 5.32 Å². The molecule has 1 saturated carbocycles. The van der Waals surface area contributed by atoms with Gasteiger partial charge in [-0.15, -0.1) is 0 Å². The van der Waals surface area contributed by atoms with Crippen molar-refractivity contribution >= 4 is 0 Å². The first-order valence-electron chi connectivity index (χ1n) is 7.01. The van der Waals surface area contributed by atoms with Crippen molar-refractivity contribution in [3.8, 4) is 0 Å². The van der Waals surface area contributed by atoms with Gasteiger partial charge in [0.25, 0.3) is 0 Å². The third kappa shape index (κ3) is 4.55. The van der Waals surface area contributed by atoms with Crippen molar-refractivity contribution in [1.29, 1.82) is 0 Å². The van der Waals surface area contributed by atoms with Crippen molar-refractivity contribution in [2.45, 2.75) is 71.8 Å². The topological polar surface area (TPSA) is 12.0 Å². The second kappa shape index (κ2) is 7.27. The highest BCUT2D eigenvalue weighted by molar-refractivity contribution is 4.78. The zero-order chi connectivity index (χ0) is 11.1. The minimum atomic E-state index is 0.776. The molecule has 1 aliphatic carbocycles. The predicted octanol–water partition coefficient (Wildman–Crippen LogP) is 3.98. The monoisotopic (exact) mass is 211 g/mol. The lowest BCUT2D eigenvalue weighted by atomic mass is 9.89. The second-order valence-electron chi connectivity index (χ2n) is 5.33. The van der Waals surface area contributed by atoms with E-state index >= 15 is 0 Å². The van der Waals surface area contributed by atoms with E-state index in [4.69, 9.17) is 0 Å². The maximum atomic E-state index is 3.75. The van der Waals surface area contributed by atoms with Crippen molar-refractivity contribution in [2.24, 2.45) is 11.8 Å². The Morgan fingerprint density at radius 1 is 1.20 bits per heavy atom. The first-order valence-corrected chi connectivity index (χ1v) is 7.01. The summed E-state index contributed by atoms with van der Waals surface area (Å²) in [6, 6.07) is 0.776. The molecule has 0 aromatic rings. The zero-order valence-electron chi connectivity index (χ0n) is 10.9. The fourth-order valence-corrected chi connectivity index (χ4v) is 2.74. The number of nitrogens with one attached hydrogen (secondary N) is 1. The highest BCUT2D eigenvalue weighted by Crippen LogP contribution is 2.30. The Bertz CT molecular complexity index is 149. The average Bonchev–Trinajstić information content (AvgIpc) is 2.75. The van der Waals surface area contributed by atoms with Crippen LogP contribution >= 0.6 is 0 Å². The SMILES string of the molecule is CCCNC(CC1CCCC1)C(C)CC. The zero-order valence-corrected chi connectivity index (χ0v) is 10.9. The van der Waals surface area contributed by atoms with Crippen LogP contribution in [0, 0.1) is 11.8 Å². The Kier molecular flexibility index (Phi) is 6.31. The molecule has 0 aromatic carbocycles. The van der Waals surface area contributed by atoms with E-state index < -0.39 is 0 Å². The molecule has 1 heteroatoms. The Labute approximate surface area is 96.0 Å². The molecule has 0 saturated heterocycles. The standard InChI is InChI=1S/C14H29N/c1-4-10-15-14(12(3)5-2)11-13-8-6-7-9-13/h12-15H,4-11H2,1-3H3. The number of rotatable bonds is 7. The summed E-state index contributed by atoms with van der Waals surface area (Å²) in [5.41, 5.74) is 0. The maximum Gasteiger partial charge on any atom is 0.00952 e. The molecule has 0 bridgehead atoms. The minimum absolute atomic E-state index is 0.776. The van der Waals surface area contributed by atoms with Gasteiger partial charge in [0.2, 0.25) is 0 Å². The molecule has 90 valence electrons. The van der Waals surface area contributed by atoms with Gasteiger partial charge in [-0.25, -0.2) is 0 Å². The van der Waals surface area contributed by atoms with Gasteiger partial charge in [0, 0.05) is 6.04 Å². The van der Waals surface area contributed by atoms with Gasteiger partial charge >= 0.3 is 0 Å². The molecule has 0 spiro atoms. The lowest BCUT2D eigenvalue weighted by Crippen LogP contribution is -2.36. The number of hydrogen-bond donors (Lipinski definition) is 1. The van der Waals surface area contributed by atoms with Crippen molar-refractivity contribution in [3.63, 3.8) is 0 Å². The van der Waals surface area contributed by atoms with Crippen LogP contribution in [0.1, 0.15) is 65.7 Å². The largest absolute Gasteiger partial charge is 0.314 e. The van der Waals surface area contributed by atoms with Crippen molar-refractivity contribution in [1.82, 2.24) is 5.32 Å². The van der Waals surface area contributed by atoms with E-state index in [9.17, 15) is 0 Å². The first-order chi connectivity index (χ1) is 7.27. The molecule has 0 aromatic heterocycles. The van der Waals surface area contributed by atoms with Crippen LogP contribution in [0.4, 0.5) is 0 Å². The van der Waals surface area contributed by atoms with E-state index in [1.807, 2.05) is 0 Å². The van der Waals surface area contributed by atoms with Crippen LogP contribution in [-0.2, 0) is 0 Å². The fraction of sp³-hybridized carbons (Fsp3) is 1.00. The Hall–Kier alpha value is -0.0400. The van der Waals surface area contributed by atoms with Gasteiger partial charge in [0.15, 0.2) is 0 Å². The summed E-state index contributed by atoms with van der Waals surface area (Å²) in [4.78, 5) is 0. The van der Waals surface area contributed by atoms with Crippen LogP contribution in [0.25, 0.3) is 0 Å². The maximum absolute atomic E-state index is 3.75. The van der Waals surface area contributed by atoms with Crippen LogP contribution in [0.3, 0.4) is 0 Å². The van der Waals surface area contributed by atoms with Crippen LogP contribution in [0.15, 0.2) is 0 Å². The van der Waals surface area contributed by atoms with Gasteiger partial charge in [0.05, 0.1) is 0 Å². The molecule has 2 atom stereocenters. The Morgan fingerprint density at radius 3 is 2.40 bits per heavy atom. The highest BCUT2D eigenvalue weighted by Gasteiger charge is 2.22. The summed E-state index contributed by atoms with van der Waals surface area (Å²) in [5, 5.41) is 3.75. The molecule has 0 heterocycles. The fourth-order valence-electron chi connectivity index (χ4n) is 2.74. The lowest BCUT2D eigenvalue weighted by molar-refractivity contribution is 0.301. The molecule has 0 aliphatic heterocycles. The van der Waals surface area contributed by atoms with Gasteiger partial charge in [-0.3, -0.25) is 0 Å². The average molecular weight is 211 g/mol. The van der Waals surface area contributed by atoms with Gasteiger partial charge in [0.1, 0.15) is 0 Å². The van der Waals surface area contributed by atoms with Crippen LogP contribution in [0.2, 0.25) is 0 Å². The summed E-state index contributed by atoms with van der Waals surface area (Å²) >= 11 is 0. The van der Waals surface area contributed by atoms with E-state index in [0.717, 1.165) is 17.9 Å². The van der Waals surface area contributed by atoms with E-state index in [1.54, 1.807) is 0 Å². The third-order valence-corrected chi connectivity index (χ3v) is 4.05. The summed E-state index contributed by atoms with van der Waals surface area (Å²) in [7, 11) is 0. The normalized spacial score (nSPS) is 21.8. The highest BCUT2D eigenvalue weighted by atomic mass is 14.9. The Morgan fingerprint density at radius 2 is 1.87 bits per heavy atom. The summed E-state index contributed by atoms with van der Waals surface area (Å²) < 4.78 is 0. The Balaban J connectivity index is 2.32. The number of hydrogen-bond acceptors (Lipinski definition) is 1. The summed E-state index contributed by atoms with van der Waals surface area (Å²) in [6.07, 6.45) is 9.93. The molecular weight excluding hydrogens is 182 g/mol. The second-order valence-corrected chi connectivity index (χ2v) is 5.33. The molecular formula is C14H29N. The molecule has 0 amide bonds. The molecule has 1 aliphatic rings. The van der Waals surface area contributed by atoms with E-state index in [-0.39, 0.29) is 0 Å². The molecule has 1 nitrogen and oxygen atoms in total. The van der Waals surface area contributed by atoms with E-state index in [2.05, 4.69) is 26.1 Å². The molecule has 15 heavy (non-hydrogen) atoms. The van der Waals surface area contributed by atoms with Crippen molar-refractivity contribution in [3.05, 3.63) is 0 Å². The smallest absolute Gasteiger partial charge is 0.00952 e. The van der Waals surface area contributed by atoms with Crippen molar-refractivity contribution in [2.75, 3.05) is 6.54 Å². The van der Waals surface area contributed by atoms with E-state index in [0.29, 0.717) is 0 Å². The van der Waals surface area contributed by atoms with Gasteiger partial charge in [-0.1, -0.05) is 52.9 Å². The van der Waals surface area contributed by atoms with Gasteiger partial charge in [-0.2, -0.15) is 0 Å². The van der Waals surface area contributed by atoms with Crippen LogP contribution in [-0.4, -0.2) is 12.6 Å². The van der Waals surface area contributed by atoms with Gasteiger partial charge in [-0.05, 0) is 31.2 Å². The summed E-state index contributed by atoms with van der Waals surface area (Å²) in [5.74, 6) is 1.87. The predicted molar refractivity (Wildman–Crippen MR) is 68.1 cm³/mol. The van der Waals surface area contributed by atoms with Crippen LogP contribution < -0.4 is 5.32 Å². The quantitative estimate of drug-likeness (QED) is 0.671. The minimum Gasteiger partial charge on any atom is -0.314 e. The molecule has 2 unspecified atom stereocenters. The van der Waals surface area contributed by atoms with Crippen LogP contribution in [0.5, 0.6) is 0 Å². The molecule has 0 radical (unpaired) electrons. The van der Waals surface area contributed by atoms with E-state index in [1.165, 1.54) is 51.5 Å². The molecule has 1 rings (SSSR count). The third-order valence-electron chi connectivity index (χ3n) is 4.05. The first kappa shape index (κ1) is 13.0. The lowest BCUT2D eigenvalue weighted by Gasteiger charge is -2.27. The summed E-state index contributed by atoms with van der Waals surface area (Å²) in [6.45, 7) is 8.18. The van der Waals surface area contributed by atoms with Crippen molar-refractivity contribution < 1.29 is 0 Å².